The molecule has 0 amide bonds. The highest BCUT2D eigenvalue weighted by Gasteiger charge is 2.43. The number of hydrogen-bond acceptors (Lipinski definition) is 5. The lowest BCUT2D eigenvalue weighted by molar-refractivity contribution is 0.104. The number of carbonyl (C=O) groups is 1. The Morgan fingerprint density at radius 3 is 2.67 bits per heavy atom. The Labute approximate surface area is 195 Å². The molecular formula is C28H30N2O3. The molecule has 1 fully saturated rings. The molecule has 0 radical (unpaired) electrons. The number of nitrogens with one attached hydrogen (secondary N) is 1. The zero-order valence-electron chi connectivity index (χ0n) is 19.7. The Morgan fingerprint density at radius 1 is 1.15 bits per heavy atom. The van der Waals surface area contributed by atoms with Gasteiger partial charge in [0.15, 0.2) is 17.3 Å². The van der Waals surface area contributed by atoms with Gasteiger partial charge in [0.25, 0.3) is 0 Å². The summed E-state index contributed by atoms with van der Waals surface area (Å²) in [6.45, 7) is 10.2. The topological polar surface area (TPSA) is 71.3 Å². The summed E-state index contributed by atoms with van der Waals surface area (Å²) >= 11 is 0. The fraction of sp³-hybridized carbons (Fsp3) is 0.429. The standard InChI is InChI=1S/C28H30N2O3/c1-16(2)32-24-12-21-22(13-25(24)33-19-6-5-9-30-15-19)28(3,4)23-11-18-10-17(14-29)7-8-20(18)26(23)27(21)31/h7-8,10,12-13,16,19,30H,5-6,9,11,15H2,1-4H3. The molecule has 170 valence electrons. The van der Waals surface area contributed by atoms with Crippen LogP contribution < -0.4 is 14.8 Å². The number of allylic oxidation sites excluding steroid dienone is 2. The molecule has 2 aromatic carbocycles. The molecule has 2 aromatic rings. The van der Waals surface area contributed by atoms with Crippen LogP contribution in [0.1, 0.15) is 73.1 Å². The Kier molecular flexibility index (Phi) is 5.29. The Bertz CT molecular complexity index is 1210. The van der Waals surface area contributed by atoms with Crippen LogP contribution in [0.5, 0.6) is 11.5 Å². The van der Waals surface area contributed by atoms with Gasteiger partial charge in [-0.3, -0.25) is 4.79 Å². The Balaban J connectivity index is 1.61. The van der Waals surface area contributed by atoms with E-state index in [0.29, 0.717) is 29.0 Å². The molecule has 0 spiro atoms. The molecule has 5 heteroatoms. The van der Waals surface area contributed by atoms with Crippen molar-refractivity contribution < 1.29 is 14.3 Å². The van der Waals surface area contributed by atoms with Crippen LogP contribution in [-0.4, -0.2) is 31.1 Å². The molecule has 5 rings (SSSR count). The number of hydrogen-bond donors (Lipinski definition) is 1. The van der Waals surface area contributed by atoms with E-state index in [4.69, 9.17) is 9.47 Å². The van der Waals surface area contributed by atoms with Gasteiger partial charge in [-0.05, 0) is 86.2 Å². The Hall–Kier alpha value is -3.10. The normalized spacial score (nSPS) is 20.7. The number of carbonyl (C=O) groups excluding carboxylic acids is 1. The van der Waals surface area contributed by atoms with Crippen LogP contribution in [0.4, 0.5) is 0 Å². The second kappa shape index (κ2) is 8.04. The van der Waals surface area contributed by atoms with Gasteiger partial charge in [0.2, 0.25) is 0 Å². The van der Waals surface area contributed by atoms with E-state index in [1.54, 1.807) is 6.07 Å². The average molecular weight is 443 g/mol. The Morgan fingerprint density at radius 2 is 1.97 bits per heavy atom. The van der Waals surface area contributed by atoms with Crippen molar-refractivity contribution in [3.8, 4) is 17.6 Å². The van der Waals surface area contributed by atoms with Gasteiger partial charge in [0.1, 0.15) is 6.10 Å². The minimum Gasteiger partial charge on any atom is -0.487 e. The van der Waals surface area contributed by atoms with E-state index in [2.05, 4.69) is 25.2 Å². The monoisotopic (exact) mass is 442 g/mol. The predicted molar refractivity (Wildman–Crippen MR) is 128 cm³/mol. The number of rotatable bonds is 4. The van der Waals surface area contributed by atoms with Gasteiger partial charge in [0, 0.05) is 23.1 Å². The van der Waals surface area contributed by atoms with E-state index in [1.165, 1.54) is 0 Å². The van der Waals surface area contributed by atoms with Crippen LogP contribution >= 0.6 is 0 Å². The third kappa shape index (κ3) is 3.63. The highest BCUT2D eigenvalue weighted by atomic mass is 16.5. The predicted octanol–water partition coefficient (Wildman–Crippen LogP) is 4.96. The quantitative estimate of drug-likeness (QED) is 0.725. The summed E-state index contributed by atoms with van der Waals surface area (Å²) in [6.07, 6.45) is 2.82. The molecule has 1 N–H and O–H groups in total. The molecule has 0 saturated carbocycles. The summed E-state index contributed by atoms with van der Waals surface area (Å²) in [5.41, 5.74) is 5.85. The smallest absolute Gasteiger partial charge is 0.194 e. The lowest BCUT2D eigenvalue weighted by Gasteiger charge is -2.35. The molecule has 33 heavy (non-hydrogen) atoms. The number of benzene rings is 2. The van der Waals surface area contributed by atoms with Crippen LogP contribution in [0.15, 0.2) is 35.9 Å². The number of piperidine rings is 1. The summed E-state index contributed by atoms with van der Waals surface area (Å²) in [5.74, 6) is 1.37. The van der Waals surface area contributed by atoms with Crippen LogP contribution in [-0.2, 0) is 11.8 Å². The van der Waals surface area contributed by atoms with E-state index >= 15 is 0 Å². The van der Waals surface area contributed by atoms with Crippen molar-refractivity contribution in [1.29, 1.82) is 5.26 Å². The molecule has 2 aliphatic carbocycles. The highest BCUT2D eigenvalue weighted by molar-refractivity contribution is 6.33. The third-order valence-electron chi connectivity index (χ3n) is 7.06. The summed E-state index contributed by atoms with van der Waals surface area (Å²) in [5, 5.41) is 12.7. The van der Waals surface area contributed by atoms with Gasteiger partial charge < -0.3 is 14.8 Å². The molecule has 3 aliphatic rings. The molecule has 1 saturated heterocycles. The molecule has 1 unspecified atom stereocenters. The van der Waals surface area contributed by atoms with Crippen molar-refractivity contribution >= 4 is 11.4 Å². The summed E-state index contributed by atoms with van der Waals surface area (Å²) in [4.78, 5) is 13.8. The maximum atomic E-state index is 13.8. The summed E-state index contributed by atoms with van der Waals surface area (Å²) in [6, 6.07) is 11.8. The first-order valence-electron chi connectivity index (χ1n) is 11.8. The fourth-order valence-electron chi connectivity index (χ4n) is 5.39. The maximum absolute atomic E-state index is 13.8. The molecule has 0 aromatic heterocycles. The molecule has 1 aliphatic heterocycles. The SMILES string of the molecule is CC(C)Oc1cc2c(cc1OC1CCCNC1)C(C)(C)C1=C(C2=O)c2ccc(C#N)cc2C1. The van der Waals surface area contributed by atoms with Crippen molar-refractivity contribution in [3.05, 3.63) is 63.7 Å². The van der Waals surface area contributed by atoms with Gasteiger partial charge >= 0.3 is 0 Å². The molecular weight excluding hydrogens is 412 g/mol. The lowest BCUT2D eigenvalue weighted by Crippen LogP contribution is -2.37. The van der Waals surface area contributed by atoms with E-state index in [9.17, 15) is 10.1 Å². The average Bonchev–Trinajstić information content (AvgIpc) is 3.19. The molecule has 1 heterocycles. The highest BCUT2D eigenvalue weighted by Crippen LogP contribution is 2.52. The van der Waals surface area contributed by atoms with Crippen LogP contribution in [0, 0.1) is 11.3 Å². The molecule has 0 bridgehead atoms. The van der Waals surface area contributed by atoms with Gasteiger partial charge in [-0.1, -0.05) is 19.9 Å². The number of ketones is 1. The van der Waals surface area contributed by atoms with Crippen molar-refractivity contribution in [3.63, 3.8) is 0 Å². The second-order valence-electron chi connectivity index (χ2n) is 10.1. The minimum atomic E-state index is -0.344. The first-order chi connectivity index (χ1) is 15.8. The number of fused-ring (bicyclic) bond motifs is 3. The third-order valence-corrected chi connectivity index (χ3v) is 7.06. The van der Waals surface area contributed by atoms with Crippen molar-refractivity contribution in [1.82, 2.24) is 5.32 Å². The number of nitrogens with zero attached hydrogens (tertiary/aromatic N) is 1. The largest absolute Gasteiger partial charge is 0.487 e. The zero-order valence-corrected chi connectivity index (χ0v) is 19.7. The first-order valence-corrected chi connectivity index (χ1v) is 11.8. The van der Waals surface area contributed by atoms with Crippen molar-refractivity contribution in [2.24, 2.45) is 0 Å². The van der Waals surface area contributed by atoms with Crippen molar-refractivity contribution in [2.75, 3.05) is 13.1 Å². The minimum absolute atomic E-state index is 0.0299. The van der Waals surface area contributed by atoms with Crippen LogP contribution in [0.2, 0.25) is 0 Å². The fourth-order valence-corrected chi connectivity index (χ4v) is 5.39. The molecule has 5 nitrogen and oxygen atoms in total. The van der Waals surface area contributed by atoms with E-state index in [-0.39, 0.29) is 23.4 Å². The van der Waals surface area contributed by atoms with Gasteiger partial charge in [-0.15, -0.1) is 0 Å². The number of Topliss-reactive ketones (excluding diaryl/α,β-unsaturated/α-hetero) is 1. The maximum Gasteiger partial charge on any atom is 0.194 e. The van der Waals surface area contributed by atoms with Gasteiger partial charge in [0.05, 0.1) is 17.7 Å². The van der Waals surface area contributed by atoms with Crippen LogP contribution in [0.25, 0.3) is 5.57 Å². The summed E-state index contributed by atoms with van der Waals surface area (Å²) in [7, 11) is 0. The summed E-state index contributed by atoms with van der Waals surface area (Å²) < 4.78 is 12.6. The van der Waals surface area contributed by atoms with Crippen LogP contribution in [0.3, 0.4) is 0 Å². The van der Waals surface area contributed by atoms with E-state index < -0.39 is 0 Å². The first kappa shape index (κ1) is 21.7. The zero-order chi connectivity index (χ0) is 23.3. The van der Waals surface area contributed by atoms with Crippen molar-refractivity contribution in [2.45, 2.75) is 64.6 Å². The van der Waals surface area contributed by atoms with E-state index in [1.807, 2.05) is 38.1 Å². The van der Waals surface area contributed by atoms with Gasteiger partial charge in [-0.25, -0.2) is 0 Å². The van der Waals surface area contributed by atoms with E-state index in [0.717, 1.165) is 53.8 Å². The molecule has 1 atom stereocenters. The number of nitriles is 1. The lowest BCUT2D eigenvalue weighted by atomic mass is 9.68. The second-order valence-corrected chi connectivity index (χ2v) is 10.1. The number of ether oxygens (including phenoxy) is 2. The van der Waals surface area contributed by atoms with Gasteiger partial charge in [-0.2, -0.15) is 5.26 Å².